The van der Waals surface area contributed by atoms with E-state index in [1.54, 1.807) is 12.1 Å². The molecular weight excluding hydrogens is 222 g/mol. The summed E-state index contributed by atoms with van der Waals surface area (Å²) in [7, 11) is 0. The Labute approximate surface area is 97.7 Å². The molecule has 1 heterocycles. The number of aliphatic carboxylic acids is 1. The number of para-hydroxylation sites is 2. The van der Waals surface area contributed by atoms with Crippen LogP contribution in [0.2, 0.25) is 0 Å². The SMILES string of the molecule is O=C(O)/C=C/C(=O)C1CNc2ccccc2O1. The van der Waals surface area contributed by atoms with Crippen LogP contribution in [0.3, 0.4) is 0 Å². The second kappa shape index (κ2) is 4.69. The molecule has 0 bridgehead atoms. The maximum Gasteiger partial charge on any atom is 0.328 e. The van der Waals surface area contributed by atoms with E-state index in [2.05, 4.69) is 5.32 Å². The van der Waals surface area contributed by atoms with Gasteiger partial charge in [-0.25, -0.2) is 4.79 Å². The van der Waals surface area contributed by atoms with Crippen molar-refractivity contribution in [2.45, 2.75) is 6.10 Å². The van der Waals surface area contributed by atoms with E-state index >= 15 is 0 Å². The van der Waals surface area contributed by atoms with Crippen LogP contribution in [0.5, 0.6) is 5.75 Å². The van der Waals surface area contributed by atoms with Gasteiger partial charge in [0.15, 0.2) is 11.9 Å². The van der Waals surface area contributed by atoms with Crippen molar-refractivity contribution in [3.63, 3.8) is 0 Å². The van der Waals surface area contributed by atoms with E-state index in [1.165, 1.54) is 0 Å². The fourth-order valence-corrected chi connectivity index (χ4v) is 1.53. The number of rotatable bonds is 3. The molecule has 88 valence electrons. The summed E-state index contributed by atoms with van der Waals surface area (Å²) in [5.74, 6) is -0.919. The van der Waals surface area contributed by atoms with Crippen LogP contribution >= 0.6 is 0 Å². The van der Waals surface area contributed by atoms with Gasteiger partial charge >= 0.3 is 5.97 Å². The first-order valence-electron chi connectivity index (χ1n) is 5.11. The van der Waals surface area contributed by atoms with Crippen molar-refractivity contribution in [1.29, 1.82) is 0 Å². The molecule has 1 aromatic rings. The smallest absolute Gasteiger partial charge is 0.328 e. The Hall–Kier alpha value is -2.30. The van der Waals surface area contributed by atoms with Crippen molar-refractivity contribution in [1.82, 2.24) is 0 Å². The van der Waals surface area contributed by atoms with Gasteiger partial charge in [-0.1, -0.05) is 12.1 Å². The third-order valence-electron chi connectivity index (χ3n) is 2.34. The molecule has 2 N–H and O–H groups in total. The summed E-state index contributed by atoms with van der Waals surface area (Å²) in [5, 5.41) is 11.5. The Morgan fingerprint density at radius 1 is 1.35 bits per heavy atom. The topological polar surface area (TPSA) is 75.6 Å². The minimum atomic E-state index is -1.15. The van der Waals surface area contributed by atoms with E-state index in [9.17, 15) is 9.59 Å². The molecule has 0 saturated carbocycles. The number of anilines is 1. The number of ether oxygens (including phenoxy) is 1. The number of hydrogen-bond acceptors (Lipinski definition) is 4. The first kappa shape index (κ1) is 11.2. The molecule has 0 saturated heterocycles. The number of benzene rings is 1. The van der Waals surface area contributed by atoms with Crippen molar-refractivity contribution < 1.29 is 19.4 Å². The molecule has 5 nitrogen and oxygen atoms in total. The predicted molar refractivity (Wildman–Crippen MR) is 61.1 cm³/mol. The minimum Gasteiger partial charge on any atom is -0.478 e. The molecule has 0 amide bonds. The summed E-state index contributed by atoms with van der Waals surface area (Å²) in [6, 6.07) is 7.27. The number of carbonyl (C=O) groups excluding carboxylic acids is 1. The summed E-state index contributed by atoms with van der Waals surface area (Å²) in [6.45, 7) is 0.333. The van der Waals surface area contributed by atoms with E-state index in [1.807, 2.05) is 12.1 Å². The van der Waals surface area contributed by atoms with E-state index in [0.717, 1.165) is 17.8 Å². The molecule has 5 heteroatoms. The van der Waals surface area contributed by atoms with Crippen molar-refractivity contribution in [3.8, 4) is 5.75 Å². The standard InChI is InChI=1S/C12H11NO4/c14-9(5-6-12(15)16)11-7-13-8-3-1-2-4-10(8)17-11/h1-6,11,13H,7H2,(H,15,16)/b6-5+. The zero-order valence-electron chi connectivity index (χ0n) is 8.92. The van der Waals surface area contributed by atoms with Crippen LogP contribution < -0.4 is 10.1 Å². The Morgan fingerprint density at radius 3 is 2.88 bits per heavy atom. The van der Waals surface area contributed by atoms with Crippen LogP contribution in [0, 0.1) is 0 Å². The molecule has 1 aliphatic heterocycles. The van der Waals surface area contributed by atoms with Gasteiger partial charge in [0.2, 0.25) is 0 Å². The second-order valence-corrected chi connectivity index (χ2v) is 3.56. The van der Waals surface area contributed by atoms with Crippen LogP contribution in [-0.4, -0.2) is 29.5 Å². The number of ketones is 1. The van der Waals surface area contributed by atoms with Crippen LogP contribution in [0.1, 0.15) is 0 Å². The molecule has 0 radical (unpaired) electrons. The summed E-state index contributed by atoms with van der Waals surface area (Å²) < 4.78 is 5.47. The average molecular weight is 233 g/mol. The van der Waals surface area contributed by atoms with Gasteiger partial charge in [0.05, 0.1) is 12.2 Å². The Kier molecular flexibility index (Phi) is 3.09. The molecule has 1 aromatic carbocycles. The number of carboxylic acid groups (broad SMARTS) is 1. The van der Waals surface area contributed by atoms with Gasteiger partial charge in [-0.3, -0.25) is 4.79 Å². The molecule has 1 atom stereocenters. The van der Waals surface area contributed by atoms with Gasteiger partial charge in [-0.2, -0.15) is 0 Å². The summed E-state index contributed by atoms with van der Waals surface area (Å²) >= 11 is 0. The zero-order chi connectivity index (χ0) is 12.3. The van der Waals surface area contributed by atoms with E-state index in [-0.39, 0.29) is 5.78 Å². The third kappa shape index (κ3) is 2.63. The Morgan fingerprint density at radius 2 is 2.12 bits per heavy atom. The molecule has 1 aliphatic rings. The quantitative estimate of drug-likeness (QED) is 0.764. The van der Waals surface area contributed by atoms with Crippen molar-refractivity contribution in [2.75, 3.05) is 11.9 Å². The molecule has 0 aliphatic carbocycles. The summed E-state index contributed by atoms with van der Waals surface area (Å²) in [4.78, 5) is 21.9. The minimum absolute atomic E-state index is 0.333. The summed E-state index contributed by atoms with van der Waals surface area (Å²) in [6.07, 6.45) is 1.15. The van der Waals surface area contributed by atoms with Crippen LogP contribution in [0.4, 0.5) is 5.69 Å². The highest BCUT2D eigenvalue weighted by atomic mass is 16.5. The number of hydrogen-bond donors (Lipinski definition) is 2. The maximum atomic E-state index is 11.6. The van der Waals surface area contributed by atoms with E-state index in [0.29, 0.717) is 12.3 Å². The maximum absolute atomic E-state index is 11.6. The lowest BCUT2D eigenvalue weighted by Gasteiger charge is -2.25. The Balaban J connectivity index is 2.07. The first-order chi connectivity index (χ1) is 8.16. The van der Waals surface area contributed by atoms with Gasteiger partial charge in [0.1, 0.15) is 5.75 Å². The molecule has 2 rings (SSSR count). The third-order valence-corrected chi connectivity index (χ3v) is 2.34. The molecular formula is C12H11NO4. The monoisotopic (exact) mass is 233 g/mol. The normalized spacial score (nSPS) is 18.0. The highest BCUT2D eigenvalue weighted by molar-refractivity contribution is 5.98. The van der Waals surface area contributed by atoms with E-state index < -0.39 is 12.1 Å². The lowest BCUT2D eigenvalue weighted by atomic mass is 10.1. The molecule has 0 fully saturated rings. The van der Waals surface area contributed by atoms with Crippen molar-refractivity contribution in [2.24, 2.45) is 0 Å². The van der Waals surface area contributed by atoms with Crippen molar-refractivity contribution >= 4 is 17.4 Å². The molecule has 17 heavy (non-hydrogen) atoms. The average Bonchev–Trinajstić information content (AvgIpc) is 2.35. The van der Waals surface area contributed by atoms with Gasteiger partial charge in [0, 0.05) is 6.08 Å². The lowest BCUT2D eigenvalue weighted by Crippen LogP contribution is -2.36. The highest BCUT2D eigenvalue weighted by Crippen LogP contribution is 2.28. The van der Waals surface area contributed by atoms with Gasteiger partial charge in [-0.15, -0.1) is 0 Å². The second-order valence-electron chi connectivity index (χ2n) is 3.56. The van der Waals surface area contributed by atoms with Crippen LogP contribution in [0.15, 0.2) is 36.4 Å². The van der Waals surface area contributed by atoms with Gasteiger partial charge in [-0.05, 0) is 18.2 Å². The van der Waals surface area contributed by atoms with E-state index in [4.69, 9.17) is 9.84 Å². The van der Waals surface area contributed by atoms with Gasteiger partial charge in [0.25, 0.3) is 0 Å². The van der Waals surface area contributed by atoms with Gasteiger partial charge < -0.3 is 15.2 Å². The number of fused-ring (bicyclic) bond motifs is 1. The number of carbonyl (C=O) groups is 2. The lowest BCUT2D eigenvalue weighted by molar-refractivity contribution is -0.131. The first-order valence-corrected chi connectivity index (χ1v) is 5.11. The fraction of sp³-hybridized carbons (Fsp3) is 0.167. The van der Waals surface area contributed by atoms with Crippen molar-refractivity contribution in [3.05, 3.63) is 36.4 Å². The fourth-order valence-electron chi connectivity index (χ4n) is 1.53. The summed E-state index contributed by atoms with van der Waals surface area (Å²) in [5.41, 5.74) is 0.832. The Bertz CT molecular complexity index is 481. The number of carboxylic acids is 1. The zero-order valence-corrected chi connectivity index (χ0v) is 8.92. The van der Waals surface area contributed by atoms with Crippen LogP contribution in [-0.2, 0) is 9.59 Å². The molecule has 1 unspecified atom stereocenters. The van der Waals surface area contributed by atoms with Crippen LogP contribution in [0.25, 0.3) is 0 Å². The predicted octanol–water partition coefficient (Wildman–Crippen LogP) is 1.07. The number of nitrogens with one attached hydrogen (secondary N) is 1. The highest BCUT2D eigenvalue weighted by Gasteiger charge is 2.23. The molecule has 0 aromatic heterocycles. The molecule has 0 spiro atoms. The largest absolute Gasteiger partial charge is 0.478 e.